The molecule has 1 aliphatic rings. The molecule has 13 heavy (non-hydrogen) atoms. The molecule has 1 fully saturated rings. The van der Waals surface area contributed by atoms with Crippen LogP contribution in [0.4, 0.5) is 0 Å². The zero-order valence-corrected chi connectivity index (χ0v) is 8.71. The van der Waals surface area contributed by atoms with Crippen molar-refractivity contribution in [2.45, 2.75) is 46.0 Å². The van der Waals surface area contributed by atoms with Crippen molar-refractivity contribution in [3.05, 3.63) is 0 Å². The summed E-state index contributed by atoms with van der Waals surface area (Å²) in [5.41, 5.74) is 0. The van der Waals surface area contributed by atoms with Crippen LogP contribution in [-0.2, 0) is 9.53 Å². The van der Waals surface area contributed by atoms with E-state index < -0.39 is 0 Å². The molecule has 0 N–H and O–H groups in total. The van der Waals surface area contributed by atoms with Crippen LogP contribution in [-0.4, -0.2) is 12.6 Å². The summed E-state index contributed by atoms with van der Waals surface area (Å²) in [4.78, 5) is 11.3. The smallest absolute Gasteiger partial charge is 0.308 e. The maximum absolute atomic E-state index is 11.3. The van der Waals surface area contributed by atoms with Crippen LogP contribution >= 0.6 is 0 Å². The number of hydrogen-bond acceptors (Lipinski definition) is 2. The monoisotopic (exact) mass is 184 g/mol. The lowest BCUT2D eigenvalue weighted by Crippen LogP contribution is -2.29. The van der Waals surface area contributed by atoms with Gasteiger partial charge in [-0.05, 0) is 18.8 Å². The summed E-state index contributed by atoms with van der Waals surface area (Å²) < 4.78 is 5.09. The molecule has 0 aliphatic carbocycles. The van der Waals surface area contributed by atoms with Gasteiger partial charge in [0.05, 0.1) is 12.5 Å². The van der Waals surface area contributed by atoms with Crippen molar-refractivity contribution < 1.29 is 9.53 Å². The van der Waals surface area contributed by atoms with Crippen LogP contribution < -0.4 is 0 Å². The fourth-order valence-corrected chi connectivity index (χ4v) is 1.87. The molecule has 0 radical (unpaired) electrons. The number of ether oxygens (including phenoxy) is 1. The van der Waals surface area contributed by atoms with Crippen molar-refractivity contribution in [1.29, 1.82) is 0 Å². The van der Waals surface area contributed by atoms with Gasteiger partial charge in [-0.1, -0.05) is 33.1 Å². The highest BCUT2D eigenvalue weighted by Crippen LogP contribution is 2.24. The molecule has 76 valence electrons. The summed E-state index contributed by atoms with van der Waals surface area (Å²) in [6.07, 6.45) is 5.68. The highest BCUT2D eigenvalue weighted by molar-refractivity contribution is 5.73. The molecule has 0 aromatic rings. The highest BCUT2D eigenvalue weighted by Gasteiger charge is 2.27. The summed E-state index contributed by atoms with van der Waals surface area (Å²) in [5.74, 6) is 0.786. The summed E-state index contributed by atoms with van der Waals surface area (Å²) >= 11 is 0. The number of hydrogen-bond donors (Lipinski definition) is 0. The van der Waals surface area contributed by atoms with E-state index in [1.165, 1.54) is 19.3 Å². The topological polar surface area (TPSA) is 26.3 Å². The Labute approximate surface area is 80.7 Å². The first kappa shape index (κ1) is 10.6. The Morgan fingerprint density at radius 2 is 2.23 bits per heavy atom. The second kappa shape index (κ2) is 5.25. The van der Waals surface area contributed by atoms with E-state index in [0.717, 1.165) is 12.8 Å². The van der Waals surface area contributed by atoms with Gasteiger partial charge in [0.15, 0.2) is 0 Å². The third-order valence-corrected chi connectivity index (χ3v) is 2.69. The SMILES string of the molecule is CCCCC[C@@H]1C[C@H](C)COC1=O. The highest BCUT2D eigenvalue weighted by atomic mass is 16.5. The van der Waals surface area contributed by atoms with Gasteiger partial charge in [-0.2, -0.15) is 0 Å². The van der Waals surface area contributed by atoms with Crippen LogP contribution in [0.1, 0.15) is 46.0 Å². The molecule has 1 aliphatic heterocycles. The van der Waals surface area contributed by atoms with Gasteiger partial charge in [-0.3, -0.25) is 4.79 Å². The molecule has 1 heterocycles. The van der Waals surface area contributed by atoms with E-state index in [1.807, 2.05) is 0 Å². The minimum atomic E-state index is 0.0363. The van der Waals surface area contributed by atoms with Crippen LogP contribution in [0.15, 0.2) is 0 Å². The lowest BCUT2D eigenvalue weighted by Gasteiger charge is -2.25. The zero-order valence-electron chi connectivity index (χ0n) is 8.71. The molecule has 2 heteroatoms. The van der Waals surface area contributed by atoms with E-state index in [-0.39, 0.29) is 11.9 Å². The summed E-state index contributed by atoms with van der Waals surface area (Å²) in [6, 6.07) is 0. The van der Waals surface area contributed by atoms with E-state index in [0.29, 0.717) is 12.5 Å². The van der Waals surface area contributed by atoms with Crippen molar-refractivity contribution >= 4 is 5.97 Å². The first-order valence-corrected chi connectivity index (χ1v) is 5.40. The largest absolute Gasteiger partial charge is 0.465 e. The predicted octanol–water partition coefficient (Wildman–Crippen LogP) is 2.77. The molecule has 2 atom stereocenters. The van der Waals surface area contributed by atoms with Gasteiger partial charge >= 0.3 is 5.97 Å². The molecule has 0 bridgehead atoms. The average molecular weight is 184 g/mol. The molecule has 1 rings (SSSR count). The van der Waals surface area contributed by atoms with Gasteiger partial charge in [-0.15, -0.1) is 0 Å². The summed E-state index contributed by atoms with van der Waals surface area (Å²) in [7, 11) is 0. The van der Waals surface area contributed by atoms with Crippen molar-refractivity contribution in [3.63, 3.8) is 0 Å². The molecular weight excluding hydrogens is 164 g/mol. The third kappa shape index (κ3) is 3.37. The van der Waals surface area contributed by atoms with Crippen molar-refractivity contribution in [1.82, 2.24) is 0 Å². The first-order valence-electron chi connectivity index (χ1n) is 5.40. The predicted molar refractivity (Wildman–Crippen MR) is 52.4 cm³/mol. The quantitative estimate of drug-likeness (QED) is 0.496. The van der Waals surface area contributed by atoms with E-state index in [9.17, 15) is 4.79 Å². The van der Waals surface area contributed by atoms with Gasteiger partial charge in [0.25, 0.3) is 0 Å². The average Bonchev–Trinajstić information content (AvgIpc) is 2.11. The fraction of sp³-hybridized carbons (Fsp3) is 0.909. The Kier molecular flexibility index (Phi) is 4.26. The molecule has 0 aromatic carbocycles. The minimum absolute atomic E-state index is 0.0363. The number of carbonyl (C=O) groups is 1. The Hall–Kier alpha value is -0.530. The van der Waals surface area contributed by atoms with E-state index in [1.54, 1.807) is 0 Å². The van der Waals surface area contributed by atoms with Crippen LogP contribution in [0.25, 0.3) is 0 Å². The summed E-state index contributed by atoms with van der Waals surface area (Å²) in [5, 5.41) is 0. The van der Waals surface area contributed by atoms with Gasteiger partial charge in [0.2, 0.25) is 0 Å². The number of unbranched alkanes of at least 4 members (excludes halogenated alkanes) is 2. The standard InChI is InChI=1S/C11H20O2/c1-3-4-5-6-10-7-9(2)8-13-11(10)12/h9-10H,3-8H2,1-2H3/t9-,10+/m0/s1. The molecule has 0 aromatic heterocycles. The molecule has 0 spiro atoms. The Balaban J connectivity index is 2.25. The van der Waals surface area contributed by atoms with E-state index in [2.05, 4.69) is 13.8 Å². The number of esters is 1. The fourth-order valence-electron chi connectivity index (χ4n) is 1.87. The second-order valence-electron chi connectivity index (χ2n) is 4.16. The first-order chi connectivity index (χ1) is 6.24. The molecular formula is C11H20O2. The van der Waals surface area contributed by atoms with Gasteiger partial charge in [0.1, 0.15) is 0 Å². The van der Waals surface area contributed by atoms with Crippen LogP contribution in [0.5, 0.6) is 0 Å². The molecule has 1 saturated heterocycles. The molecule has 0 saturated carbocycles. The van der Waals surface area contributed by atoms with Crippen molar-refractivity contribution in [2.24, 2.45) is 11.8 Å². The number of cyclic esters (lactones) is 1. The lowest BCUT2D eigenvalue weighted by molar-refractivity contribution is -0.156. The zero-order chi connectivity index (χ0) is 9.68. The number of rotatable bonds is 4. The normalized spacial score (nSPS) is 28.6. The molecule has 0 amide bonds. The van der Waals surface area contributed by atoms with Gasteiger partial charge in [0, 0.05) is 0 Å². The Bertz CT molecular complexity index is 165. The Morgan fingerprint density at radius 3 is 2.92 bits per heavy atom. The maximum Gasteiger partial charge on any atom is 0.308 e. The van der Waals surface area contributed by atoms with E-state index in [4.69, 9.17) is 4.74 Å². The lowest BCUT2D eigenvalue weighted by atomic mass is 9.89. The minimum Gasteiger partial charge on any atom is -0.465 e. The van der Waals surface area contributed by atoms with Crippen LogP contribution in [0.3, 0.4) is 0 Å². The van der Waals surface area contributed by atoms with Gasteiger partial charge < -0.3 is 4.74 Å². The maximum atomic E-state index is 11.3. The molecule has 0 unspecified atom stereocenters. The van der Waals surface area contributed by atoms with E-state index >= 15 is 0 Å². The number of carbonyl (C=O) groups excluding carboxylic acids is 1. The van der Waals surface area contributed by atoms with Crippen LogP contribution in [0.2, 0.25) is 0 Å². The third-order valence-electron chi connectivity index (χ3n) is 2.69. The van der Waals surface area contributed by atoms with Crippen molar-refractivity contribution in [2.75, 3.05) is 6.61 Å². The van der Waals surface area contributed by atoms with Gasteiger partial charge in [-0.25, -0.2) is 0 Å². The van der Waals surface area contributed by atoms with Crippen molar-refractivity contribution in [3.8, 4) is 0 Å². The van der Waals surface area contributed by atoms with Crippen LogP contribution in [0, 0.1) is 11.8 Å². The second-order valence-corrected chi connectivity index (χ2v) is 4.16. The summed E-state index contributed by atoms with van der Waals surface area (Å²) in [6.45, 7) is 4.96. The molecule has 2 nitrogen and oxygen atoms in total. The Morgan fingerprint density at radius 1 is 1.46 bits per heavy atom.